The van der Waals surface area contributed by atoms with Crippen LogP contribution in [-0.2, 0) is 16.0 Å². The fraction of sp³-hybridized carbons (Fsp3) is 0.318. The average molecular weight is 395 g/mol. The molecule has 1 atom stereocenters. The smallest absolute Gasteiger partial charge is 0.269 e. The Kier molecular flexibility index (Phi) is 6.49. The Labute approximate surface area is 170 Å². The van der Waals surface area contributed by atoms with Crippen molar-refractivity contribution in [3.63, 3.8) is 0 Å². The van der Waals surface area contributed by atoms with E-state index in [1.54, 1.807) is 29.2 Å². The van der Waals surface area contributed by atoms with Crippen molar-refractivity contribution in [2.24, 2.45) is 5.92 Å². The summed E-state index contributed by atoms with van der Waals surface area (Å²) >= 11 is 0. The second kappa shape index (κ2) is 9.23. The number of nitrogens with one attached hydrogen (secondary N) is 2. The summed E-state index contributed by atoms with van der Waals surface area (Å²) in [6.45, 7) is 4.62. The van der Waals surface area contributed by atoms with E-state index in [9.17, 15) is 14.4 Å². The minimum Gasteiger partial charge on any atom is -0.492 e. The summed E-state index contributed by atoms with van der Waals surface area (Å²) in [7, 11) is 0. The molecule has 152 valence electrons. The van der Waals surface area contributed by atoms with Gasteiger partial charge in [0.1, 0.15) is 5.75 Å². The molecule has 0 bridgehead atoms. The zero-order chi connectivity index (χ0) is 20.8. The number of rotatable bonds is 6. The van der Waals surface area contributed by atoms with E-state index >= 15 is 0 Å². The van der Waals surface area contributed by atoms with Crippen LogP contribution in [0.5, 0.6) is 5.75 Å². The second-order valence-electron chi connectivity index (χ2n) is 6.80. The maximum Gasteiger partial charge on any atom is 0.269 e. The number of ether oxygens (including phenoxy) is 1. The van der Waals surface area contributed by atoms with Crippen molar-refractivity contribution in [1.29, 1.82) is 0 Å². The predicted molar refractivity (Wildman–Crippen MR) is 109 cm³/mol. The Morgan fingerprint density at radius 3 is 2.48 bits per heavy atom. The van der Waals surface area contributed by atoms with Crippen molar-refractivity contribution in [2.45, 2.75) is 26.7 Å². The highest BCUT2D eigenvalue weighted by molar-refractivity contribution is 6.02. The Morgan fingerprint density at radius 2 is 1.79 bits per heavy atom. The number of hydrazine groups is 1. The first kappa shape index (κ1) is 20.4. The Hall–Kier alpha value is -3.35. The summed E-state index contributed by atoms with van der Waals surface area (Å²) in [4.78, 5) is 38.7. The van der Waals surface area contributed by atoms with Crippen LogP contribution >= 0.6 is 0 Å². The lowest BCUT2D eigenvalue weighted by atomic mass is 10.1. The minimum absolute atomic E-state index is 0.0767. The van der Waals surface area contributed by atoms with Gasteiger partial charge in [0, 0.05) is 18.5 Å². The zero-order valence-corrected chi connectivity index (χ0v) is 16.6. The zero-order valence-electron chi connectivity index (χ0n) is 16.6. The van der Waals surface area contributed by atoms with Gasteiger partial charge in [-0.15, -0.1) is 0 Å². The average Bonchev–Trinajstić information content (AvgIpc) is 3.14. The van der Waals surface area contributed by atoms with Crippen LogP contribution < -0.4 is 20.5 Å². The van der Waals surface area contributed by atoms with Crippen LogP contribution in [0.3, 0.4) is 0 Å². The number of nitrogens with zero attached hydrogens (tertiary/aromatic N) is 1. The van der Waals surface area contributed by atoms with Gasteiger partial charge in [0.25, 0.3) is 5.91 Å². The van der Waals surface area contributed by atoms with Crippen molar-refractivity contribution >= 4 is 23.4 Å². The Morgan fingerprint density at radius 1 is 1.07 bits per heavy atom. The number of amides is 3. The lowest BCUT2D eigenvalue weighted by molar-refractivity contribution is -0.126. The number of carbonyl (C=O) groups is 3. The van der Waals surface area contributed by atoms with Crippen LogP contribution in [0.2, 0.25) is 0 Å². The number of aryl methyl sites for hydroxylation is 1. The Bertz CT molecular complexity index is 895. The van der Waals surface area contributed by atoms with E-state index in [0.29, 0.717) is 23.6 Å². The topological polar surface area (TPSA) is 87.7 Å². The van der Waals surface area contributed by atoms with Crippen LogP contribution in [0.25, 0.3) is 0 Å². The van der Waals surface area contributed by atoms with Gasteiger partial charge in [0.2, 0.25) is 11.8 Å². The molecule has 1 aliphatic rings. The van der Waals surface area contributed by atoms with Crippen molar-refractivity contribution in [1.82, 2.24) is 10.9 Å². The molecule has 1 heterocycles. The molecule has 1 saturated heterocycles. The minimum atomic E-state index is -0.556. The maximum atomic E-state index is 12.5. The van der Waals surface area contributed by atoms with Gasteiger partial charge in [-0.25, -0.2) is 0 Å². The molecule has 2 aromatic rings. The molecule has 0 saturated carbocycles. The molecular formula is C22H25N3O4. The SMILES string of the molecule is CCOc1ccccc1N1C[C@@H](C(=O)NNC(=O)c2ccc(CC)cc2)CC1=O. The molecule has 2 aromatic carbocycles. The van der Waals surface area contributed by atoms with Gasteiger partial charge in [-0.05, 0) is 43.2 Å². The molecule has 0 radical (unpaired) electrons. The van der Waals surface area contributed by atoms with Gasteiger partial charge in [-0.3, -0.25) is 25.2 Å². The molecule has 0 unspecified atom stereocenters. The highest BCUT2D eigenvalue weighted by Crippen LogP contribution is 2.33. The monoisotopic (exact) mass is 395 g/mol. The summed E-state index contributed by atoms with van der Waals surface area (Å²) in [6.07, 6.45) is 0.963. The van der Waals surface area contributed by atoms with Crippen LogP contribution in [0, 0.1) is 5.92 Å². The van der Waals surface area contributed by atoms with Crippen molar-refractivity contribution < 1.29 is 19.1 Å². The molecule has 1 aliphatic heterocycles. The lowest BCUT2D eigenvalue weighted by Crippen LogP contribution is -2.45. The number of anilines is 1. The maximum absolute atomic E-state index is 12.5. The third kappa shape index (κ3) is 4.74. The summed E-state index contributed by atoms with van der Waals surface area (Å²) in [5.74, 6) is -0.899. The van der Waals surface area contributed by atoms with E-state index < -0.39 is 17.7 Å². The van der Waals surface area contributed by atoms with Gasteiger partial charge in [-0.1, -0.05) is 31.2 Å². The molecule has 0 aromatic heterocycles. The molecule has 1 fully saturated rings. The first-order valence-corrected chi connectivity index (χ1v) is 9.74. The van der Waals surface area contributed by atoms with E-state index in [1.807, 2.05) is 38.1 Å². The lowest BCUT2D eigenvalue weighted by Gasteiger charge is -2.20. The van der Waals surface area contributed by atoms with Crippen LogP contribution in [0.4, 0.5) is 5.69 Å². The van der Waals surface area contributed by atoms with E-state index in [2.05, 4.69) is 10.9 Å². The Balaban J connectivity index is 1.59. The van der Waals surface area contributed by atoms with Crippen LogP contribution in [-0.4, -0.2) is 30.9 Å². The van der Waals surface area contributed by atoms with Crippen molar-refractivity contribution in [3.05, 3.63) is 59.7 Å². The second-order valence-corrected chi connectivity index (χ2v) is 6.80. The number of para-hydroxylation sites is 2. The van der Waals surface area contributed by atoms with Gasteiger partial charge < -0.3 is 9.64 Å². The van der Waals surface area contributed by atoms with Gasteiger partial charge in [0.15, 0.2) is 0 Å². The molecule has 7 nitrogen and oxygen atoms in total. The molecule has 7 heteroatoms. The third-order valence-electron chi connectivity index (χ3n) is 4.88. The number of carbonyl (C=O) groups excluding carboxylic acids is 3. The van der Waals surface area contributed by atoms with E-state index in [0.717, 1.165) is 12.0 Å². The third-order valence-corrected chi connectivity index (χ3v) is 4.88. The molecule has 3 amide bonds. The van der Waals surface area contributed by atoms with Crippen molar-refractivity contribution in [3.8, 4) is 5.75 Å². The fourth-order valence-corrected chi connectivity index (χ4v) is 3.26. The number of hydrogen-bond acceptors (Lipinski definition) is 4. The highest BCUT2D eigenvalue weighted by Gasteiger charge is 2.36. The molecule has 2 N–H and O–H groups in total. The normalized spacial score (nSPS) is 15.9. The van der Waals surface area contributed by atoms with Crippen LogP contribution in [0.15, 0.2) is 48.5 Å². The first-order chi connectivity index (χ1) is 14.0. The van der Waals surface area contributed by atoms with Crippen LogP contribution in [0.1, 0.15) is 36.2 Å². The van der Waals surface area contributed by atoms with E-state index in [-0.39, 0.29) is 18.9 Å². The summed E-state index contributed by atoms with van der Waals surface area (Å²) in [6, 6.07) is 14.4. The van der Waals surface area contributed by atoms with Gasteiger partial charge in [-0.2, -0.15) is 0 Å². The molecule has 29 heavy (non-hydrogen) atoms. The summed E-state index contributed by atoms with van der Waals surface area (Å²) in [5.41, 5.74) is 7.09. The van der Waals surface area contributed by atoms with Gasteiger partial charge >= 0.3 is 0 Å². The molecule has 3 rings (SSSR count). The summed E-state index contributed by atoms with van der Waals surface area (Å²) < 4.78 is 5.59. The fourth-order valence-electron chi connectivity index (χ4n) is 3.26. The molecular weight excluding hydrogens is 370 g/mol. The molecule has 0 aliphatic carbocycles. The molecule has 0 spiro atoms. The quantitative estimate of drug-likeness (QED) is 0.736. The first-order valence-electron chi connectivity index (χ1n) is 9.74. The van der Waals surface area contributed by atoms with Gasteiger partial charge in [0.05, 0.1) is 18.2 Å². The highest BCUT2D eigenvalue weighted by atomic mass is 16.5. The summed E-state index contributed by atoms with van der Waals surface area (Å²) in [5, 5.41) is 0. The number of hydrogen-bond donors (Lipinski definition) is 2. The van der Waals surface area contributed by atoms with E-state index in [1.165, 1.54) is 0 Å². The van der Waals surface area contributed by atoms with E-state index in [4.69, 9.17) is 4.74 Å². The number of benzene rings is 2. The predicted octanol–water partition coefficient (Wildman–Crippen LogP) is 2.46. The van der Waals surface area contributed by atoms with Crippen molar-refractivity contribution in [2.75, 3.05) is 18.1 Å². The standard InChI is InChI=1S/C22H25N3O4/c1-3-15-9-11-16(12-10-15)21(27)23-24-22(28)17-13-20(26)25(14-17)18-7-5-6-8-19(18)29-4-2/h5-12,17H,3-4,13-14H2,1-2H3,(H,23,27)(H,24,28)/t17-/m0/s1. The largest absolute Gasteiger partial charge is 0.492 e.